The van der Waals surface area contributed by atoms with Gasteiger partial charge in [-0.15, -0.1) is 0 Å². The summed E-state index contributed by atoms with van der Waals surface area (Å²) in [5, 5.41) is 0. The van der Waals surface area contributed by atoms with E-state index in [2.05, 4.69) is 19.1 Å². The van der Waals surface area contributed by atoms with Crippen molar-refractivity contribution in [3.8, 4) is 0 Å². The molecular weight excluding hydrogens is 350 g/mol. The van der Waals surface area contributed by atoms with Crippen LogP contribution in [0.4, 0.5) is 0 Å². The van der Waals surface area contributed by atoms with E-state index in [1.807, 2.05) is 60.1 Å². The van der Waals surface area contributed by atoms with Gasteiger partial charge >= 0.3 is 0 Å². The van der Waals surface area contributed by atoms with Crippen LogP contribution >= 0.6 is 0 Å². The van der Waals surface area contributed by atoms with Gasteiger partial charge in [0.25, 0.3) is 5.91 Å². The summed E-state index contributed by atoms with van der Waals surface area (Å²) in [7, 11) is 0. The zero-order valence-electron chi connectivity index (χ0n) is 15.9. The van der Waals surface area contributed by atoms with Crippen LogP contribution in [-0.2, 0) is 6.54 Å². The van der Waals surface area contributed by atoms with Crippen molar-refractivity contribution in [2.75, 3.05) is 13.1 Å². The molecule has 28 heavy (non-hydrogen) atoms. The second-order valence-corrected chi connectivity index (χ2v) is 7.89. The van der Waals surface area contributed by atoms with E-state index in [1.54, 1.807) is 0 Å². The molecule has 1 saturated carbocycles. The first-order valence-corrected chi connectivity index (χ1v) is 10.2. The number of piperidine rings is 1. The molecule has 1 aliphatic carbocycles. The van der Waals surface area contributed by atoms with Gasteiger partial charge in [0.05, 0.1) is 0 Å². The molecule has 0 unspecified atom stereocenters. The van der Waals surface area contributed by atoms with Crippen LogP contribution in [0.1, 0.15) is 59.5 Å². The van der Waals surface area contributed by atoms with Crippen LogP contribution < -0.4 is 0 Å². The number of rotatable bonds is 5. The second kappa shape index (κ2) is 7.26. The van der Waals surface area contributed by atoms with Crippen LogP contribution in [0.5, 0.6) is 0 Å². The molecule has 0 radical (unpaired) electrons. The number of carbonyl (C=O) groups excluding carboxylic acids is 1. The maximum atomic E-state index is 13.2. The molecular formula is C22H25N5O. The average molecular weight is 375 g/mol. The Morgan fingerprint density at radius 1 is 1.07 bits per heavy atom. The molecule has 4 heterocycles. The lowest BCUT2D eigenvalue weighted by atomic mass is 9.96. The summed E-state index contributed by atoms with van der Waals surface area (Å²) in [4.78, 5) is 23.9. The van der Waals surface area contributed by atoms with Gasteiger partial charge in [0.15, 0.2) is 0 Å². The van der Waals surface area contributed by atoms with Crippen molar-refractivity contribution in [1.82, 2.24) is 24.0 Å². The van der Waals surface area contributed by atoms with Crippen molar-refractivity contribution in [1.29, 1.82) is 0 Å². The fourth-order valence-electron chi connectivity index (χ4n) is 4.28. The topological polar surface area (TPSA) is 56.0 Å². The molecule has 0 aromatic carbocycles. The van der Waals surface area contributed by atoms with Gasteiger partial charge in [-0.1, -0.05) is 0 Å². The number of hydrogen-bond acceptors (Lipinski definition) is 3. The third-order valence-electron chi connectivity index (χ3n) is 5.86. The van der Waals surface area contributed by atoms with Gasteiger partial charge < -0.3 is 14.0 Å². The van der Waals surface area contributed by atoms with Gasteiger partial charge in [-0.25, -0.2) is 4.98 Å². The van der Waals surface area contributed by atoms with Crippen molar-refractivity contribution in [2.45, 2.75) is 44.2 Å². The van der Waals surface area contributed by atoms with E-state index in [9.17, 15) is 4.79 Å². The van der Waals surface area contributed by atoms with Crippen LogP contribution in [0.15, 0.2) is 55.2 Å². The number of nitrogens with zero attached hydrogens (tertiary/aromatic N) is 5. The van der Waals surface area contributed by atoms with Crippen molar-refractivity contribution >= 4 is 5.91 Å². The van der Waals surface area contributed by atoms with Crippen molar-refractivity contribution < 1.29 is 4.79 Å². The lowest BCUT2D eigenvalue weighted by Gasteiger charge is -2.33. The summed E-state index contributed by atoms with van der Waals surface area (Å²) in [6.07, 6.45) is 14.1. The SMILES string of the molecule is O=C(c1cccn1C1CC1)N1CCC[C@@H](c2nccn2Cc2ccncc2)C1. The molecule has 2 aliphatic rings. The maximum absolute atomic E-state index is 13.2. The van der Waals surface area contributed by atoms with Gasteiger partial charge in [-0.3, -0.25) is 9.78 Å². The fourth-order valence-corrected chi connectivity index (χ4v) is 4.28. The Hall–Kier alpha value is -2.89. The third-order valence-corrected chi connectivity index (χ3v) is 5.86. The van der Waals surface area contributed by atoms with E-state index in [0.29, 0.717) is 6.04 Å². The Morgan fingerprint density at radius 3 is 2.75 bits per heavy atom. The highest BCUT2D eigenvalue weighted by molar-refractivity contribution is 5.93. The minimum atomic E-state index is 0.161. The van der Waals surface area contributed by atoms with Crippen LogP contribution in [0.2, 0.25) is 0 Å². The van der Waals surface area contributed by atoms with Crippen LogP contribution in [0.25, 0.3) is 0 Å². The number of imidazole rings is 1. The van der Waals surface area contributed by atoms with Gasteiger partial charge in [0, 0.05) is 62.6 Å². The van der Waals surface area contributed by atoms with Crippen LogP contribution in [0.3, 0.4) is 0 Å². The zero-order valence-corrected chi connectivity index (χ0v) is 15.9. The lowest BCUT2D eigenvalue weighted by molar-refractivity contribution is 0.0692. The number of amides is 1. The summed E-state index contributed by atoms with van der Waals surface area (Å²) in [5.41, 5.74) is 2.04. The van der Waals surface area contributed by atoms with E-state index >= 15 is 0 Å². The molecule has 2 fully saturated rings. The molecule has 3 aromatic rings. The first-order chi connectivity index (χ1) is 13.8. The monoisotopic (exact) mass is 375 g/mol. The molecule has 1 saturated heterocycles. The molecule has 0 bridgehead atoms. The Balaban J connectivity index is 1.33. The highest BCUT2D eigenvalue weighted by atomic mass is 16.2. The molecule has 1 atom stereocenters. The Labute approximate surface area is 164 Å². The summed E-state index contributed by atoms with van der Waals surface area (Å²) in [5.74, 6) is 1.51. The van der Waals surface area contributed by atoms with Gasteiger partial charge in [0.2, 0.25) is 0 Å². The molecule has 5 rings (SSSR count). The average Bonchev–Trinajstić information content (AvgIpc) is 3.28. The van der Waals surface area contributed by atoms with E-state index in [1.165, 1.54) is 18.4 Å². The van der Waals surface area contributed by atoms with Crippen molar-refractivity contribution in [2.24, 2.45) is 0 Å². The van der Waals surface area contributed by atoms with E-state index < -0.39 is 0 Å². The summed E-state index contributed by atoms with van der Waals surface area (Å²) in [6, 6.07) is 8.55. The zero-order chi connectivity index (χ0) is 18.9. The Morgan fingerprint density at radius 2 is 1.93 bits per heavy atom. The molecule has 3 aromatic heterocycles. The minimum absolute atomic E-state index is 0.161. The molecule has 1 amide bonds. The minimum Gasteiger partial charge on any atom is -0.340 e. The van der Waals surface area contributed by atoms with Crippen LogP contribution in [0, 0.1) is 0 Å². The molecule has 0 spiro atoms. The molecule has 1 aliphatic heterocycles. The second-order valence-electron chi connectivity index (χ2n) is 7.89. The molecule has 144 valence electrons. The number of aromatic nitrogens is 4. The molecule has 6 nitrogen and oxygen atoms in total. The Kier molecular flexibility index (Phi) is 4.47. The fraction of sp³-hybridized carbons (Fsp3) is 0.409. The maximum Gasteiger partial charge on any atom is 0.270 e. The quantitative estimate of drug-likeness (QED) is 0.686. The third kappa shape index (κ3) is 3.35. The van der Waals surface area contributed by atoms with E-state index in [4.69, 9.17) is 0 Å². The molecule has 6 heteroatoms. The van der Waals surface area contributed by atoms with E-state index in [-0.39, 0.29) is 11.8 Å². The first-order valence-electron chi connectivity index (χ1n) is 10.2. The number of pyridine rings is 1. The predicted octanol–water partition coefficient (Wildman–Crippen LogP) is 3.48. The molecule has 0 N–H and O–H groups in total. The highest BCUT2D eigenvalue weighted by Gasteiger charge is 2.32. The lowest BCUT2D eigenvalue weighted by Crippen LogP contribution is -2.40. The summed E-state index contributed by atoms with van der Waals surface area (Å²) < 4.78 is 4.37. The summed E-state index contributed by atoms with van der Waals surface area (Å²) >= 11 is 0. The van der Waals surface area contributed by atoms with E-state index in [0.717, 1.165) is 44.0 Å². The predicted molar refractivity (Wildman–Crippen MR) is 106 cm³/mol. The number of carbonyl (C=O) groups is 1. The van der Waals surface area contributed by atoms with Crippen molar-refractivity contribution in [3.05, 3.63) is 72.3 Å². The Bertz CT molecular complexity index is 956. The summed E-state index contributed by atoms with van der Waals surface area (Å²) in [6.45, 7) is 2.35. The number of likely N-dealkylation sites (tertiary alicyclic amines) is 1. The van der Waals surface area contributed by atoms with Gasteiger partial charge in [-0.05, 0) is 55.5 Å². The van der Waals surface area contributed by atoms with Crippen LogP contribution in [-0.4, -0.2) is 43.0 Å². The highest BCUT2D eigenvalue weighted by Crippen LogP contribution is 2.36. The first kappa shape index (κ1) is 17.2. The normalized spacial score (nSPS) is 19.7. The van der Waals surface area contributed by atoms with Gasteiger partial charge in [-0.2, -0.15) is 0 Å². The largest absolute Gasteiger partial charge is 0.340 e. The number of hydrogen-bond donors (Lipinski definition) is 0. The smallest absolute Gasteiger partial charge is 0.270 e. The standard InChI is InChI=1S/C22H25N5O/c28-22(20-4-2-13-27(20)19-5-6-19)26-12-1-3-18(16-26)21-24-11-14-25(21)15-17-7-9-23-10-8-17/h2,4,7-11,13-14,18-19H,1,3,5-6,12,15-16H2/t18-/m1/s1. The van der Waals surface area contributed by atoms with Crippen molar-refractivity contribution in [3.63, 3.8) is 0 Å². The van der Waals surface area contributed by atoms with Gasteiger partial charge in [0.1, 0.15) is 11.5 Å².